The fourth-order valence-corrected chi connectivity index (χ4v) is 4.79. The summed E-state index contributed by atoms with van der Waals surface area (Å²) in [5, 5.41) is 0. The molecule has 0 unspecified atom stereocenters. The van der Waals surface area contributed by atoms with E-state index in [0.29, 0.717) is 58.5 Å². The Kier molecular flexibility index (Phi) is 4.02. The Balaban J connectivity index is 1.32. The molecule has 27 heavy (non-hydrogen) atoms. The van der Waals surface area contributed by atoms with Gasteiger partial charge in [0.25, 0.3) is 0 Å². The molecular weight excluding hydrogens is 344 g/mol. The van der Waals surface area contributed by atoms with Crippen molar-refractivity contribution in [1.29, 1.82) is 0 Å². The van der Waals surface area contributed by atoms with Gasteiger partial charge in [-0.15, -0.1) is 0 Å². The van der Waals surface area contributed by atoms with Gasteiger partial charge in [0, 0.05) is 38.2 Å². The zero-order valence-corrected chi connectivity index (χ0v) is 15.6. The molecule has 0 radical (unpaired) electrons. The van der Waals surface area contributed by atoms with Crippen molar-refractivity contribution in [2.45, 2.75) is 44.3 Å². The van der Waals surface area contributed by atoms with E-state index >= 15 is 0 Å². The highest BCUT2D eigenvalue weighted by Crippen LogP contribution is 2.50. The van der Waals surface area contributed by atoms with Crippen LogP contribution in [0.1, 0.15) is 37.7 Å². The SMILES string of the molecule is O=C(N1CCC2(CC1)OCCO2)C1(C(=O)N2CCCc3ccccc32)CC1. The maximum atomic E-state index is 13.4. The van der Waals surface area contributed by atoms with E-state index in [1.54, 1.807) is 0 Å². The number of likely N-dealkylation sites (tertiary alicyclic amines) is 1. The van der Waals surface area contributed by atoms with E-state index in [9.17, 15) is 9.59 Å². The summed E-state index contributed by atoms with van der Waals surface area (Å²) in [5.41, 5.74) is 1.35. The first-order valence-electron chi connectivity index (χ1n) is 10.1. The van der Waals surface area contributed by atoms with E-state index in [1.807, 2.05) is 28.0 Å². The molecule has 0 bridgehead atoms. The Morgan fingerprint density at radius 1 is 0.889 bits per heavy atom. The van der Waals surface area contributed by atoms with Gasteiger partial charge in [0.2, 0.25) is 11.8 Å². The summed E-state index contributed by atoms with van der Waals surface area (Å²) in [6, 6.07) is 8.08. The Labute approximate surface area is 159 Å². The molecule has 0 N–H and O–H groups in total. The van der Waals surface area contributed by atoms with E-state index in [4.69, 9.17) is 9.47 Å². The molecule has 2 saturated heterocycles. The van der Waals surface area contributed by atoms with Crippen LogP contribution in [0.4, 0.5) is 5.69 Å². The number of hydrogen-bond acceptors (Lipinski definition) is 4. The second-order valence-corrected chi connectivity index (χ2v) is 8.17. The number of benzene rings is 1. The van der Waals surface area contributed by atoms with E-state index in [2.05, 4.69) is 6.07 Å². The topological polar surface area (TPSA) is 59.1 Å². The standard InChI is InChI=1S/C21H26N2O4/c24-18(22-12-9-21(10-13-22)26-14-15-27-21)20(7-8-20)19(25)23-11-3-5-16-4-1-2-6-17(16)23/h1-2,4,6H,3,5,7-15H2. The number of ether oxygens (including phenoxy) is 2. The van der Waals surface area contributed by atoms with Crippen molar-refractivity contribution in [2.24, 2.45) is 5.41 Å². The predicted molar refractivity (Wildman–Crippen MR) is 99.2 cm³/mol. The van der Waals surface area contributed by atoms with Gasteiger partial charge in [-0.25, -0.2) is 0 Å². The van der Waals surface area contributed by atoms with Crippen molar-refractivity contribution in [3.8, 4) is 0 Å². The van der Waals surface area contributed by atoms with Crippen LogP contribution in [0.3, 0.4) is 0 Å². The molecule has 1 aromatic carbocycles. The van der Waals surface area contributed by atoms with Gasteiger partial charge >= 0.3 is 0 Å². The van der Waals surface area contributed by atoms with Gasteiger partial charge in [0.1, 0.15) is 5.41 Å². The van der Waals surface area contributed by atoms with Gasteiger partial charge in [0.15, 0.2) is 5.79 Å². The van der Waals surface area contributed by atoms with Crippen molar-refractivity contribution in [3.05, 3.63) is 29.8 Å². The Hall–Kier alpha value is -1.92. The number of para-hydroxylation sites is 1. The first-order chi connectivity index (χ1) is 13.1. The van der Waals surface area contributed by atoms with Crippen LogP contribution in [0.15, 0.2) is 24.3 Å². The first-order valence-corrected chi connectivity index (χ1v) is 10.1. The maximum Gasteiger partial charge on any atom is 0.242 e. The van der Waals surface area contributed by atoms with Crippen LogP contribution < -0.4 is 4.90 Å². The molecule has 3 fully saturated rings. The van der Waals surface area contributed by atoms with Crippen molar-refractivity contribution in [2.75, 3.05) is 37.7 Å². The van der Waals surface area contributed by atoms with Gasteiger partial charge in [-0.2, -0.15) is 0 Å². The highest BCUT2D eigenvalue weighted by Gasteiger charge is 2.60. The quantitative estimate of drug-likeness (QED) is 0.748. The second-order valence-electron chi connectivity index (χ2n) is 8.17. The molecule has 6 heteroatoms. The normalized spacial score (nSPS) is 25.3. The lowest BCUT2D eigenvalue weighted by Gasteiger charge is -2.39. The molecule has 1 saturated carbocycles. The van der Waals surface area contributed by atoms with Crippen LogP contribution in [0.5, 0.6) is 0 Å². The molecule has 1 spiro atoms. The fraction of sp³-hybridized carbons (Fsp3) is 0.619. The molecule has 6 nitrogen and oxygen atoms in total. The van der Waals surface area contributed by atoms with Crippen molar-refractivity contribution in [1.82, 2.24) is 4.90 Å². The monoisotopic (exact) mass is 370 g/mol. The zero-order valence-electron chi connectivity index (χ0n) is 15.6. The number of piperidine rings is 1. The van der Waals surface area contributed by atoms with Crippen LogP contribution in [-0.4, -0.2) is 55.3 Å². The van der Waals surface area contributed by atoms with Crippen LogP contribution >= 0.6 is 0 Å². The summed E-state index contributed by atoms with van der Waals surface area (Å²) in [4.78, 5) is 30.4. The van der Waals surface area contributed by atoms with Crippen LogP contribution in [0.25, 0.3) is 0 Å². The number of fused-ring (bicyclic) bond motifs is 1. The Morgan fingerprint density at radius 3 is 2.30 bits per heavy atom. The summed E-state index contributed by atoms with van der Waals surface area (Å²) < 4.78 is 11.5. The summed E-state index contributed by atoms with van der Waals surface area (Å²) in [7, 11) is 0. The number of carbonyl (C=O) groups is 2. The van der Waals surface area contributed by atoms with Crippen LogP contribution in [-0.2, 0) is 25.5 Å². The smallest absolute Gasteiger partial charge is 0.242 e. The molecule has 2 amide bonds. The predicted octanol–water partition coefficient (Wildman–Crippen LogP) is 2.11. The average molecular weight is 370 g/mol. The number of carbonyl (C=O) groups excluding carboxylic acids is 2. The summed E-state index contributed by atoms with van der Waals surface area (Å²) in [5.74, 6) is -0.500. The van der Waals surface area contributed by atoms with Crippen LogP contribution in [0, 0.1) is 5.41 Å². The molecule has 5 rings (SSSR count). The average Bonchev–Trinajstić information content (AvgIpc) is 3.42. The zero-order chi connectivity index (χ0) is 18.5. The maximum absolute atomic E-state index is 13.4. The lowest BCUT2D eigenvalue weighted by Crippen LogP contribution is -2.53. The minimum Gasteiger partial charge on any atom is -0.347 e. The fourth-order valence-electron chi connectivity index (χ4n) is 4.79. The van der Waals surface area contributed by atoms with Crippen molar-refractivity contribution in [3.63, 3.8) is 0 Å². The van der Waals surface area contributed by atoms with Gasteiger partial charge in [0.05, 0.1) is 13.2 Å². The number of nitrogens with zero attached hydrogens (tertiary/aromatic N) is 2. The number of rotatable bonds is 2. The Bertz CT molecular complexity index is 757. The third-order valence-electron chi connectivity index (χ3n) is 6.55. The minimum absolute atomic E-state index is 0.00315. The van der Waals surface area contributed by atoms with Gasteiger partial charge in [-0.05, 0) is 37.3 Å². The molecule has 1 aliphatic carbocycles. The number of amides is 2. The highest BCUT2D eigenvalue weighted by atomic mass is 16.7. The second kappa shape index (κ2) is 6.31. The number of hydrogen-bond donors (Lipinski definition) is 0. The van der Waals surface area contributed by atoms with Gasteiger partial charge in [-0.3, -0.25) is 9.59 Å². The largest absolute Gasteiger partial charge is 0.347 e. The van der Waals surface area contributed by atoms with Crippen LogP contribution in [0.2, 0.25) is 0 Å². The molecule has 3 heterocycles. The van der Waals surface area contributed by atoms with E-state index in [0.717, 1.165) is 18.5 Å². The van der Waals surface area contributed by atoms with Crippen molar-refractivity contribution < 1.29 is 19.1 Å². The summed E-state index contributed by atoms with van der Waals surface area (Å²) in [6.45, 7) is 3.17. The summed E-state index contributed by atoms with van der Waals surface area (Å²) >= 11 is 0. The molecule has 3 aliphatic heterocycles. The molecule has 144 valence electrons. The highest BCUT2D eigenvalue weighted by molar-refractivity contribution is 6.14. The molecule has 1 aromatic rings. The molecule has 4 aliphatic rings. The molecule has 0 atom stereocenters. The lowest BCUT2D eigenvalue weighted by atomic mass is 9.95. The van der Waals surface area contributed by atoms with Crippen molar-refractivity contribution >= 4 is 17.5 Å². The van der Waals surface area contributed by atoms with E-state index in [1.165, 1.54) is 5.56 Å². The lowest BCUT2D eigenvalue weighted by molar-refractivity contribution is -0.188. The van der Waals surface area contributed by atoms with E-state index < -0.39 is 11.2 Å². The summed E-state index contributed by atoms with van der Waals surface area (Å²) in [6.07, 6.45) is 4.66. The first kappa shape index (κ1) is 17.2. The Morgan fingerprint density at radius 2 is 1.59 bits per heavy atom. The molecule has 0 aromatic heterocycles. The minimum atomic E-state index is -0.841. The molecular formula is C21H26N2O4. The van der Waals surface area contributed by atoms with Gasteiger partial charge < -0.3 is 19.3 Å². The van der Waals surface area contributed by atoms with Gasteiger partial charge in [-0.1, -0.05) is 18.2 Å². The third-order valence-corrected chi connectivity index (χ3v) is 6.55. The number of aryl methyl sites for hydroxylation is 1. The van der Waals surface area contributed by atoms with E-state index in [-0.39, 0.29) is 11.8 Å². The third kappa shape index (κ3) is 2.77. The number of anilines is 1.